The summed E-state index contributed by atoms with van der Waals surface area (Å²) >= 11 is 0. The van der Waals surface area contributed by atoms with Crippen LogP contribution in [-0.2, 0) is 0 Å². The molecule has 0 saturated heterocycles. The second kappa shape index (κ2) is 6.84. The number of methoxy groups -OCH3 is 2. The Labute approximate surface area is 145 Å². The van der Waals surface area contributed by atoms with Gasteiger partial charge in [0.1, 0.15) is 11.5 Å². The van der Waals surface area contributed by atoms with Gasteiger partial charge in [-0.3, -0.25) is 10.1 Å². The Hall–Kier alpha value is -3.02. The molecule has 1 N–H and O–H groups in total. The second-order valence-electron chi connectivity index (χ2n) is 5.89. The summed E-state index contributed by atoms with van der Waals surface area (Å²) in [6.07, 6.45) is 0. The highest BCUT2D eigenvalue weighted by molar-refractivity contribution is 5.85. The molecule has 6 nitrogen and oxygen atoms in total. The third kappa shape index (κ3) is 3.15. The molecule has 0 aliphatic heterocycles. The molecular formula is C19H20N2O4. The number of fused-ring (bicyclic) bond motifs is 1. The molecule has 0 bridgehead atoms. The van der Waals surface area contributed by atoms with Crippen molar-refractivity contribution < 1.29 is 14.4 Å². The maximum Gasteiger partial charge on any atom is 0.214 e. The van der Waals surface area contributed by atoms with Gasteiger partial charge in [-0.2, -0.15) is 0 Å². The molecule has 25 heavy (non-hydrogen) atoms. The van der Waals surface area contributed by atoms with Crippen molar-refractivity contribution in [1.29, 1.82) is 0 Å². The van der Waals surface area contributed by atoms with Gasteiger partial charge in [0.15, 0.2) is 0 Å². The lowest BCUT2D eigenvalue weighted by atomic mass is 9.88. The fraction of sp³-hybridized carbons (Fsp3) is 0.263. The number of aryl methyl sites for hydroxylation is 1. The zero-order valence-electron chi connectivity index (χ0n) is 14.4. The van der Waals surface area contributed by atoms with Crippen LogP contribution >= 0.6 is 0 Å². The van der Waals surface area contributed by atoms with E-state index >= 15 is 0 Å². The lowest BCUT2D eigenvalue weighted by Gasteiger charge is -2.18. The summed E-state index contributed by atoms with van der Waals surface area (Å²) in [4.78, 5) is 14.4. The van der Waals surface area contributed by atoms with Crippen LogP contribution in [0.15, 0.2) is 42.5 Å². The number of nitro groups is 1. The van der Waals surface area contributed by atoms with E-state index in [2.05, 4.69) is 4.98 Å². The monoisotopic (exact) mass is 340 g/mol. The Kier molecular flexibility index (Phi) is 4.61. The van der Waals surface area contributed by atoms with Crippen LogP contribution in [0.2, 0.25) is 0 Å². The number of benzene rings is 2. The second-order valence-corrected chi connectivity index (χ2v) is 5.89. The first-order valence-electron chi connectivity index (χ1n) is 7.96. The minimum absolute atomic E-state index is 0.217. The highest BCUT2D eigenvalue weighted by Crippen LogP contribution is 2.39. The van der Waals surface area contributed by atoms with Crippen LogP contribution in [0.3, 0.4) is 0 Å². The van der Waals surface area contributed by atoms with Gasteiger partial charge in [-0.1, -0.05) is 24.3 Å². The van der Waals surface area contributed by atoms with Crippen molar-refractivity contribution in [2.45, 2.75) is 12.8 Å². The van der Waals surface area contributed by atoms with E-state index < -0.39 is 5.92 Å². The van der Waals surface area contributed by atoms with Crippen molar-refractivity contribution in [1.82, 2.24) is 4.98 Å². The van der Waals surface area contributed by atoms with Crippen molar-refractivity contribution >= 4 is 10.9 Å². The van der Waals surface area contributed by atoms with Crippen LogP contribution in [0.5, 0.6) is 11.5 Å². The summed E-state index contributed by atoms with van der Waals surface area (Å²) < 4.78 is 10.7. The topological polar surface area (TPSA) is 77.4 Å². The van der Waals surface area contributed by atoms with E-state index in [4.69, 9.17) is 9.47 Å². The van der Waals surface area contributed by atoms with Crippen molar-refractivity contribution in [3.63, 3.8) is 0 Å². The SMILES string of the molecule is COc1ccc([C@H](C[N+](=O)[O-])c2c(C)[nH]c3ccccc23)c(OC)c1. The number of aromatic amines is 1. The van der Waals surface area contributed by atoms with Gasteiger partial charge in [0.05, 0.1) is 20.1 Å². The molecule has 1 aromatic heterocycles. The predicted molar refractivity (Wildman–Crippen MR) is 96.3 cm³/mol. The van der Waals surface area contributed by atoms with Gasteiger partial charge in [-0.25, -0.2) is 0 Å². The molecule has 0 aliphatic rings. The zero-order valence-corrected chi connectivity index (χ0v) is 14.4. The van der Waals surface area contributed by atoms with Crippen LogP contribution in [0.1, 0.15) is 22.7 Å². The quantitative estimate of drug-likeness (QED) is 0.545. The third-order valence-electron chi connectivity index (χ3n) is 4.44. The molecule has 1 heterocycles. The number of ether oxygens (including phenoxy) is 2. The van der Waals surface area contributed by atoms with E-state index in [0.29, 0.717) is 11.5 Å². The van der Waals surface area contributed by atoms with E-state index in [1.165, 1.54) is 0 Å². The maximum absolute atomic E-state index is 11.4. The summed E-state index contributed by atoms with van der Waals surface area (Å²) in [5.74, 6) is 0.805. The standard InChI is InChI=1S/C19H20N2O4/c1-12-19(15-6-4-5-7-17(15)20-12)16(11-21(22)23)14-9-8-13(24-2)10-18(14)25-3/h4-10,16,20H,11H2,1-3H3/t16-/m0/s1. The van der Waals surface area contributed by atoms with E-state index in [1.807, 2.05) is 37.3 Å². The molecule has 3 aromatic rings. The molecule has 1 atom stereocenters. The predicted octanol–water partition coefficient (Wildman–Crippen LogP) is 3.90. The number of aromatic nitrogens is 1. The molecule has 0 radical (unpaired) electrons. The van der Waals surface area contributed by atoms with Gasteiger partial charge < -0.3 is 14.5 Å². The molecule has 0 saturated carbocycles. The molecule has 130 valence electrons. The molecule has 0 fully saturated rings. The van der Waals surface area contributed by atoms with Gasteiger partial charge >= 0.3 is 0 Å². The largest absolute Gasteiger partial charge is 0.497 e. The summed E-state index contributed by atoms with van der Waals surface area (Å²) in [6, 6.07) is 13.2. The average molecular weight is 340 g/mol. The summed E-state index contributed by atoms with van der Waals surface area (Å²) in [5, 5.41) is 12.4. The lowest BCUT2D eigenvalue weighted by molar-refractivity contribution is -0.481. The Morgan fingerprint density at radius 1 is 1.16 bits per heavy atom. The molecule has 2 aromatic carbocycles. The van der Waals surface area contributed by atoms with Crippen LogP contribution in [0.4, 0.5) is 0 Å². The molecule has 3 rings (SSSR count). The molecule has 0 unspecified atom stereocenters. The maximum atomic E-state index is 11.4. The van der Waals surface area contributed by atoms with Crippen molar-refractivity contribution in [3.8, 4) is 11.5 Å². The van der Waals surface area contributed by atoms with Gasteiger partial charge in [0.2, 0.25) is 6.54 Å². The van der Waals surface area contributed by atoms with E-state index in [0.717, 1.165) is 27.7 Å². The molecule has 0 amide bonds. The average Bonchev–Trinajstić information content (AvgIpc) is 2.94. The number of nitrogens with one attached hydrogen (secondary N) is 1. The van der Waals surface area contributed by atoms with Gasteiger partial charge in [0.25, 0.3) is 0 Å². The van der Waals surface area contributed by atoms with Crippen LogP contribution < -0.4 is 9.47 Å². The highest BCUT2D eigenvalue weighted by atomic mass is 16.6. The minimum Gasteiger partial charge on any atom is -0.497 e. The highest BCUT2D eigenvalue weighted by Gasteiger charge is 2.28. The molecule has 0 spiro atoms. The number of para-hydroxylation sites is 1. The minimum atomic E-state index is -0.424. The molecular weight excluding hydrogens is 320 g/mol. The summed E-state index contributed by atoms with van der Waals surface area (Å²) in [7, 11) is 3.14. The van der Waals surface area contributed by atoms with Gasteiger partial charge in [0, 0.05) is 33.1 Å². The lowest BCUT2D eigenvalue weighted by Crippen LogP contribution is -2.15. The Balaban J connectivity index is 2.22. The first kappa shape index (κ1) is 16.8. The van der Waals surface area contributed by atoms with E-state index in [-0.39, 0.29) is 11.5 Å². The number of nitrogens with zero attached hydrogens (tertiary/aromatic N) is 1. The van der Waals surface area contributed by atoms with E-state index in [9.17, 15) is 10.1 Å². The Bertz CT molecular complexity index is 917. The number of hydrogen-bond acceptors (Lipinski definition) is 4. The normalized spacial score (nSPS) is 12.1. The summed E-state index contributed by atoms with van der Waals surface area (Å²) in [6.45, 7) is 1.73. The first-order valence-corrected chi connectivity index (χ1v) is 7.96. The Morgan fingerprint density at radius 3 is 2.60 bits per heavy atom. The fourth-order valence-corrected chi connectivity index (χ4v) is 3.35. The van der Waals surface area contributed by atoms with Crippen molar-refractivity contribution in [2.75, 3.05) is 20.8 Å². The zero-order chi connectivity index (χ0) is 18.0. The number of rotatable bonds is 6. The number of hydrogen-bond donors (Lipinski definition) is 1. The third-order valence-corrected chi connectivity index (χ3v) is 4.44. The number of H-pyrrole nitrogens is 1. The van der Waals surface area contributed by atoms with Crippen molar-refractivity contribution in [3.05, 3.63) is 69.4 Å². The van der Waals surface area contributed by atoms with E-state index in [1.54, 1.807) is 26.4 Å². The molecule has 6 heteroatoms. The van der Waals surface area contributed by atoms with Gasteiger partial charge in [-0.05, 0) is 24.6 Å². The van der Waals surface area contributed by atoms with Crippen LogP contribution in [-0.4, -0.2) is 30.7 Å². The first-order chi connectivity index (χ1) is 12.0. The fourth-order valence-electron chi connectivity index (χ4n) is 3.35. The summed E-state index contributed by atoms with van der Waals surface area (Å²) in [5.41, 5.74) is 3.59. The smallest absolute Gasteiger partial charge is 0.214 e. The van der Waals surface area contributed by atoms with Gasteiger partial charge in [-0.15, -0.1) is 0 Å². The van der Waals surface area contributed by atoms with Crippen LogP contribution in [0, 0.1) is 17.0 Å². The van der Waals surface area contributed by atoms with Crippen molar-refractivity contribution in [2.24, 2.45) is 0 Å². The Morgan fingerprint density at radius 2 is 1.92 bits per heavy atom. The molecule has 0 aliphatic carbocycles. The van der Waals surface area contributed by atoms with Crippen LogP contribution in [0.25, 0.3) is 10.9 Å².